The van der Waals surface area contributed by atoms with Gasteiger partial charge in [-0.15, -0.1) is 0 Å². The summed E-state index contributed by atoms with van der Waals surface area (Å²) < 4.78 is 0. The van der Waals surface area contributed by atoms with Gasteiger partial charge in [-0.2, -0.15) is 0 Å². The molecule has 0 aromatic heterocycles. The Labute approximate surface area is 111 Å². The Morgan fingerprint density at radius 1 is 1.17 bits per heavy atom. The molecule has 1 rings (SSSR count). The SMILES string of the molecule is CC(C)CN(CC(C)C)CC(NC1CC1)C(=O)O. The fourth-order valence-corrected chi connectivity index (χ4v) is 2.25. The van der Waals surface area contributed by atoms with E-state index >= 15 is 0 Å². The molecule has 0 spiro atoms. The second-order valence-electron chi connectivity index (χ2n) is 6.34. The minimum atomic E-state index is -0.723. The fourth-order valence-electron chi connectivity index (χ4n) is 2.25. The van der Waals surface area contributed by atoms with Crippen LogP contribution >= 0.6 is 0 Å². The van der Waals surface area contributed by atoms with Gasteiger partial charge < -0.3 is 15.3 Å². The van der Waals surface area contributed by atoms with E-state index in [4.69, 9.17) is 0 Å². The molecule has 18 heavy (non-hydrogen) atoms. The first-order valence-electron chi connectivity index (χ1n) is 7.09. The van der Waals surface area contributed by atoms with E-state index in [0.717, 1.165) is 25.9 Å². The molecule has 0 heterocycles. The highest BCUT2D eigenvalue weighted by molar-refractivity contribution is 5.73. The zero-order valence-electron chi connectivity index (χ0n) is 12.1. The maximum atomic E-state index is 11.3. The third kappa shape index (κ3) is 6.36. The normalized spacial score (nSPS) is 17.7. The maximum Gasteiger partial charge on any atom is 0.322 e. The van der Waals surface area contributed by atoms with Crippen molar-refractivity contribution in [1.82, 2.24) is 10.2 Å². The van der Waals surface area contributed by atoms with Crippen molar-refractivity contribution in [3.8, 4) is 0 Å². The molecular weight excluding hydrogens is 228 g/mol. The lowest BCUT2D eigenvalue weighted by Gasteiger charge is -2.29. The summed E-state index contributed by atoms with van der Waals surface area (Å²) in [5.74, 6) is 0.414. The van der Waals surface area contributed by atoms with Gasteiger partial charge in [-0.25, -0.2) is 0 Å². The van der Waals surface area contributed by atoms with Crippen LogP contribution in [0.2, 0.25) is 0 Å². The number of aliphatic carboxylic acids is 1. The smallest absolute Gasteiger partial charge is 0.322 e. The minimum absolute atomic E-state index is 0.421. The summed E-state index contributed by atoms with van der Waals surface area (Å²) in [5, 5.41) is 12.5. The molecule has 0 aliphatic heterocycles. The second-order valence-corrected chi connectivity index (χ2v) is 6.34. The van der Waals surface area contributed by atoms with Gasteiger partial charge in [0.25, 0.3) is 0 Å². The summed E-state index contributed by atoms with van der Waals surface area (Å²) >= 11 is 0. The zero-order chi connectivity index (χ0) is 13.7. The van der Waals surface area contributed by atoms with E-state index < -0.39 is 12.0 Å². The van der Waals surface area contributed by atoms with Gasteiger partial charge in [-0.3, -0.25) is 4.79 Å². The van der Waals surface area contributed by atoms with E-state index in [1.165, 1.54) is 0 Å². The van der Waals surface area contributed by atoms with E-state index in [2.05, 4.69) is 37.9 Å². The molecule has 0 bridgehead atoms. The number of carboxylic acid groups (broad SMARTS) is 1. The Bertz CT molecular complexity index is 253. The number of nitrogens with one attached hydrogen (secondary N) is 1. The molecule has 1 fully saturated rings. The second kappa shape index (κ2) is 7.10. The first kappa shape index (κ1) is 15.4. The maximum absolute atomic E-state index is 11.3. The molecule has 106 valence electrons. The summed E-state index contributed by atoms with van der Waals surface area (Å²) in [7, 11) is 0. The van der Waals surface area contributed by atoms with Crippen LogP contribution in [0.25, 0.3) is 0 Å². The van der Waals surface area contributed by atoms with Gasteiger partial charge in [0, 0.05) is 25.7 Å². The summed E-state index contributed by atoms with van der Waals surface area (Å²) in [4.78, 5) is 13.6. The van der Waals surface area contributed by atoms with E-state index in [1.54, 1.807) is 0 Å². The highest BCUT2D eigenvalue weighted by Crippen LogP contribution is 2.19. The lowest BCUT2D eigenvalue weighted by atomic mass is 10.1. The topological polar surface area (TPSA) is 52.6 Å². The van der Waals surface area contributed by atoms with Gasteiger partial charge in [0.15, 0.2) is 0 Å². The van der Waals surface area contributed by atoms with Crippen LogP contribution in [-0.4, -0.2) is 47.7 Å². The van der Waals surface area contributed by atoms with Gasteiger partial charge in [-0.1, -0.05) is 27.7 Å². The van der Waals surface area contributed by atoms with Crippen molar-refractivity contribution in [3.05, 3.63) is 0 Å². The van der Waals surface area contributed by atoms with Crippen molar-refractivity contribution in [3.63, 3.8) is 0 Å². The quantitative estimate of drug-likeness (QED) is 0.660. The Morgan fingerprint density at radius 3 is 2.00 bits per heavy atom. The Balaban J connectivity index is 2.50. The van der Waals surface area contributed by atoms with Crippen molar-refractivity contribution in [2.24, 2.45) is 11.8 Å². The van der Waals surface area contributed by atoms with Crippen LogP contribution in [0, 0.1) is 11.8 Å². The highest BCUT2D eigenvalue weighted by Gasteiger charge is 2.29. The summed E-state index contributed by atoms with van der Waals surface area (Å²) in [6.45, 7) is 11.3. The molecule has 0 radical (unpaired) electrons. The zero-order valence-corrected chi connectivity index (χ0v) is 12.1. The van der Waals surface area contributed by atoms with Crippen molar-refractivity contribution in [1.29, 1.82) is 0 Å². The lowest BCUT2D eigenvalue weighted by Crippen LogP contribution is -2.48. The van der Waals surface area contributed by atoms with Crippen LogP contribution < -0.4 is 5.32 Å². The molecule has 0 saturated heterocycles. The third-order valence-electron chi connectivity index (χ3n) is 3.00. The third-order valence-corrected chi connectivity index (χ3v) is 3.00. The fraction of sp³-hybridized carbons (Fsp3) is 0.929. The van der Waals surface area contributed by atoms with Crippen LogP contribution in [0.15, 0.2) is 0 Å². The molecule has 0 aromatic rings. The van der Waals surface area contributed by atoms with Gasteiger partial charge >= 0.3 is 5.97 Å². The largest absolute Gasteiger partial charge is 0.480 e. The molecule has 4 heteroatoms. The van der Waals surface area contributed by atoms with E-state index in [-0.39, 0.29) is 0 Å². The predicted molar refractivity (Wildman–Crippen MR) is 73.7 cm³/mol. The first-order valence-corrected chi connectivity index (χ1v) is 7.09. The van der Waals surface area contributed by atoms with Crippen LogP contribution in [0.1, 0.15) is 40.5 Å². The molecular formula is C14H28N2O2. The molecule has 2 N–H and O–H groups in total. The van der Waals surface area contributed by atoms with E-state index in [0.29, 0.717) is 24.4 Å². The molecule has 4 nitrogen and oxygen atoms in total. The average Bonchev–Trinajstić information content (AvgIpc) is 2.98. The van der Waals surface area contributed by atoms with Crippen molar-refractivity contribution in [2.45, 2.75) is 52.6 Å². The standard InChI is InChI=1S/C14H28N2O2/c1-10(2)7-16(8-11(3)4)9-13(14(17)18)15-12-5-6-12/h10-13,15H,5-9H2,1-4H3,(H,17,18). The number of hydrogen-bond donors (Lipinski definition) is 2. The number of nitrogens with zero attached hydrogens (tertiary/aromatic N) is 1. The first-order chi connectivity index (χ1) is 8.38. The average molecular weight is 256 g/mol. The molecule has 1 atom stereocenters. The number of rotatable bonds is 9. The number of carbonyl (C=O) groups is 1. The number of carboxylic acids is 1. The summed E-state index contributed by atoms with van der Waals surface area (Å²) in [5.41, 5.74) is 0. The Kier molecular flexibility index (Phi) is 6.09. The molecule has 1 aliphatic rings. The van der Waals surface area contributed by atoms with Gasteiger partial charge in [0.2, 0.25) is 0 Å². The van der Waals surface area contributed by atoms with Crippen LogP contribution in [-0.2, 0) is 4.79 Å². The summed E-state index contributed by atoms with van der Waals surface area (Å²) in [6.07, 6.45) is 2.25. The van der Waals surface area contributed by atoms with Gasteiger partial charge in [0.05, 0.1) is 0 Å². The Morgan fingerprint density at radius 2 is 1.67 bits per heavy atom. The van der Waals surface area contributed by atoms with Crippen molar-refractivity contribution in [2.75, 3.05) is 19.6 Å². The predicted octanol–water partition coefficient (Wildman–Crippen LogP) is 1.81. The van der Waals surface area contributed by atoms with E-state index in [9.17, 15) is 9.90 Å². The van der Waals surface area contributed by atoms with Crippen LogP contribution in [0.3, 0.4) is 0 Å². The molecule has 1 unspecified atom stereocenters. The Hall–Kier alpha value is -0.610. The van der Waals surface area contributed by atoms with Crippen molar-refractivity contribution < 1.29 is 9.90 Å². The lowest BCUT2D eigenvalue weighted by molar-refractivity contribution is -0.140. The molecule has 0 aromatic carbocycles. The van der Waals surface area contributed by atoms with E-state index in [1.807, 2.05) is 0 Å². The summed E-state index contributed by atoms with van der Waals surface area (Å²) in [6, 6.07) is 0.0149. The van der Waals surface area contributed by atoms with Crippen LogP contribution in [0.5, 0.6) is 0 Å². The molecule has 0 amide bonds. The highest BCUT2D eigenvalue weighted by atomic mass is 16.4. The minimum Gasteiger partial charge on any atom is -0.480 e. The van der Waals surface area contributed by atoms with Gasteiger partial charge in [-0.05, 0) is 24.7 Å². The van der Waals surface area contributed by atoms with Crippen LogP contribution in [0.4, 0.5) is 0 Å². The van der Waals surface area contributed by atoms with Crippen molar-refractivity contribution >= 4 is 5.97 Å². The van der Waals surface area contributed by atoms with Gasteiger partial charge in [0.1, 0.15) is 6.04 Å². The molecule has 1 aliphatic carbocycles. The number of hydrogen-bond acceptors (Lipinski definition) is 3. The monoisotopic (exact) mass is 256 g/mol. The molecule has 1 saturated carbocycles.